The second-order valence-electron chi connectivity index (χ2n) is 6.03. The van der Waals surface area contributed by atoms with Crippen LogP contribution >= 0.6 is 7.92 Å². The Bertz CT molecular complexity index is 176. The van der Waals surface area contributed by atoms with Gasteiger partial charge >= 0.3 is 0 Å². The van der Waals surface area contributed by atoms with Crippen LogP contribution in [-0.4, -0.2) is 16.5 Å². The first-order valence-electron chi connectivity index (χ1n) is 5.53. The fourth-order valence-corrected chi connectivity index (χ4v) is 5.45. The molecule has 14 heavy (non-hydrogen) atoms. The largest absolute Gasteiger partial charge is 0.0995 e. The highest BCUT2D eigenvalue weighted by Crippen LogP contribution is 2.59. The molecular formula is C13H27P. The Labute approximate surface area is 91.9 Å². The predicted octanol–water partition coefficient (Wildman–Crippen LogP) is 5.03. The molecule has 0 saturated heterocycles. The van der Waals surface area contributed by atoms with Gasteiger partial charge in [0.1, 0.15) is 0 Å². The molecule has 0 rings (SSSR count). The van der Waals surface area contributed by atoms with E-state index in [0.29, 0.717) is 10.3 Å². The lowest BCUT2D eigenvalue weighted by Crippen LogP contribution is -2.26. The number of rotatable bonds is 3. The van der Waals surface area contributed by atoms with Gasteiger partial charge in [-0.3, -0.25) is 0 Å². The number of allylic oxidation sites excluding steroid dienone is 1. The zero-order valence-electron chi connectivity index (χ0n) is 11.1. The molecule has 0 amide bonds. The van der Waals surface area contributed by atoms with Gasteiger partial charge in [0.2, 0.25) is 0 Å². The van der Waals surface area contributed by atoms with Gasteiger partial charge in [-0.25, -0.2) is 0 Å². The molecule has 0 saturated carbocycles. The van der Waals surface area contributed by atoms with Crippen LogP contribution in [0, 0.1) is 0 Å². The molecule has 0 aliphatic rings. The van der Waals surface area contributed by atoms with Crippen LogP contribution in [0.25, 0.3) is 0 Å². The smallest absolute Gasteiger partial charge is 0.0108 e. The Kier molecular flexibility index (Phi) is 4.85. The van der Waals surface area contributed by atoms with E-state index in [1.54, 1.807) is 0 Å². The van der Waals surface area contributed by atoms with Crippen LogP contribution in [0.5, 0.6) is 0 Å². The Morgan fingerprint density at radius 1 is 1.00 bits per heavy atom. The molecule has 1 heteroatoms. The first-order valence-corrected chi connectivity index (χ1v) is 7.06. The van der Waals surface area contributed by atoms with Crippen molar-refractivity contribution in [2.75, 3.05) is 6.16 Å². The molecule has 0 N–H and O–H groups in total. The highest BCUT2D eigenvalue weighted by molar-refractivity contribution is 7.61. The molecule has 0 fully saturated rings. The van der Waals surface area contributed by atoms with E-state index >= 15 is 0 Å². The van der Waals surface area contributed by atoms with E-state index in [1.807, 2.05) is 0 Å². The second-order valence-corrected chi connectivity index (χ2v) is 9.89. The molecule has 0 nitrogen and oxygen atoms in total. The molecule has 0 bridgehead atoms. The summed E-state index contributed by atoms with van der Waals surface area (Å²) >= 11 is 0. The lowest BCUT2D eigenvalue weighted by Gasteiger charge is -2.42. The third-order valence-corrected chi connectivity index (χ3v) is 6.50. The van der Waals surface area contributed by atoms with Crippen LogP contribution in [0.1, 0.15) is 54.9 Å². The molecule has 0 aliphatic carbocycles. The molecule has 0 aromatic heterocycles. The van der Waals surface area contributed by atoms with Crippen molar-refractivity contribution in [3.05, 3.63) is 12.2 Å². The van der Waals surface area contributed by atoms with Crippen LogP contribution in [0.3, 0.4) is 0 Å². The number of hydrogen-bond acceptors (Lipinski definition) is 0. The Balaban J connectivity index is 4.68. The van der Waals surface area contributed by atoms with E-state index in [2.05, 4.69) is 55.0 Å². The number of hydrogen-bond donors (Lipinski definition) is 0. The molecule has 0 atom stereocenters. The molecule has 0 aromatic rings. The Morgan fingerprint density at radius 3 is 1.57 bits per heavy atom. The van der Waals surface area contributed by atoms with Crippen molar-refractivity contribution in [1.29, 1.82) is 0 Å². The maximum absolute atomic E-state index is 4.16. The third-order valence-electron chi connectivity index (χ3n) is 2.50. The van der Waals surface area contributed by atoms with Gasteiger partial charge in [0.25, 0.3) is 0 Å². The molecule has 0 unspecified atom stereocenters. The van der Waals surface area contributed by atoms with Crippen LogP contribution < -0.4 is 0 Å². The van der Waals surface area contributed by atoms with Gasteiger partial charge in [0.05, 0.1) is 0 Å². The normalized spacial score (nSPS) is 13.4. The molecule has 0 spiro atoms. The van der Waals surface area contributed by atoms with E-state index < -0.39 is 0 Å². The average molecular weight is 214 g/mol. The van der Waals surface area contributed by atoms with Gasteiger partial charge in [-0.2, -0.15) is 0 Å². The van der Waals surface area contributed by atoms with Gasteiger partial charge in [0, 0.05) is 0 Å². The molecule has 84 valence electrons. The first kappa shape index (κ1) is 14.2. The first-order chi connectivity index (χ1) is 6.09. The fourth-order valence-electron chi connectivity index (χ4n) is 1.82. The van der Waals surface area contributed by atoms with Crippen LogP contribution in [0.2, 0.25) is 0 Å². The van der Waals surface area contributed by atoms with Crippen molar-refractivity contribution < 1.29 is 0 Å². The van der Waals surface area contributed by atoms with Crippen molar-refractivity contribution in [2.45, 2.75) is 65.2 Å². The lowest BCUT2D eigenvalue weighted by atomic mass is 10.2. The van der Waals surface area contributed by atoms with Crippen molar-refractivity contribution in [1.82, 2.24) is 0 Å². The van der Waals surface area contributed by atoms with Gasteiger partial charge in [-0.05, 0) is 22.9 Å². The SMILES string of the molecule is C=C(CC)CP(C(C)(C)C)C(C)(C)C. The summed E-state index contributed by atoms with van der Waals surface area (Å²) in [4.78, 5) is 0. The second kappa shape index (κ2) is 4.79. The maximum Gasteiger partial charge on any atom is -0.0108 e. The van der Waals surface area contributed by atoms with Gasteiger partial charge in [-0.1, -0.05) is 68.5 Å². The summed E-state index contributed by atoms with van der Waals surface area (Å²) in [6, 6.07) is 0. The van der Waals surface area contributed by atoms with E-state index in [4.69, 9.17) is 0 Å². The fraction of sp³-hybridized carbons (Fsp3) is 0.846. The summed E-state index contributed by atoms with van der Waals surface area (Å²) in [6.45, 7) is 20.6. The molecule has 0 radical (unpaired) electrons. The van der Waals surface area contributed by atoms with E-state index in [0.717, 1.165) is 6.42 Å². The minimum absolute atomic E-state index is 0.0125. The van der Waals surface area contributed by atoms with Crippen LogP contribution in [0.15, 0.2) is 12.2 Å². The average Bonchev–Trinajstić information content (AvgIpc) is 1.95. The zero-order valence-corrected chi connectivity index (χ0v) is 12.0. The van der Waals surface area contributed by atoms with Crippen molar-refractivity contribution in [3.8, 4) is 0 Å². The monoisotopic (exact) mass is 214 g/mol. The van der Waals surface area contributed by atoms with Gasteiger partial charge < -0.3 is 0 Å². The van der Waals surface area contributed by atoms with Crippen LogP contribution in [0.4, 0.5) is 0 Å². The van der Waals surface area contributed by atoms with E-state index in [9.17, 15) is 0 Å². The zero-order chi connectivity index (χ0) is 11.6. The summed E-state index contributed by atoms with van der Waals surface area (Å²) in [7, 11) is 0.0125. The molecule has 0 aromatic carbocycles. The van der Waals surface area contributed by atoms with Crippen molar-refractivity contribution in [2.24, 2.45) is 0 Å². The Morgan fingerprint density at radius 2 is 1.36 bits per heavy atom. The van der Waals surface area contributed by atoms with Crippen molar-refractivity contribution >= 4 is 7.92 Å². The topological polar surface area (TPSA) is 0 Å². The van der Waals surface area contributed by atoms with Gasteiger partial charge in [0.15, 0.2) is 0 Å². The quantitative estimate of drug-likeness (QED) is 0.456. The van der Waals surface area contributed by atoms with Gasteiger partial charge in [-0.15, -0.1) is 0 Å². The minimum Gasteiger partial charge on any atom is -0.0995 e. The van der Waals surface area contributed by atoms with Crippen LogP contribution in [-0.2, 0) is 0 Å². The molecular weight excluding hydrogens is 187 g/mol. The standard InChI is InChI=1S/C13H27P/c1-9-11(2)10-14(12(3,4)5)13(6,7)8/h2,9-10H2,1,3-8H3. The Hall–Kier alpha value is 0.170. The highest BCUT2D eigenvalue weighted by Gasteiger charge is 2.33. The van der Waals surface area contributed by atoms with E-state index in [1.165, 1.54) is 11.7 Å². The summed E-state index contributed by atoms with van der Waals surface area (Å²) in [5.74, 6) is 0. The third kappa shape index (κ3) is 4.60. The summed E-state index contributed by atoms with van der Waals surface area (Å²) in [5.41, 5.74) is 1.42. The van der Waals surface area contributed by atoms with Crippen molar-refractivity contribution in [3.63, 3.8) is 0 Å². The molecule has 0 aliphatic heterocycles. The minimum atomic E-state index is 0.0125. The molecule has 0 heterocycles. The highest BCUT2D eigenvalue weighted by atomic mass is 31.1. The predicted molar refractivity (Wildman–Crippen MR) is 70.7 cm³/mol. The lowest BCUT2D eigenvalue weighted by molar-refractivity contribution is 0.705. The summed E-state index contributed by atoms with van der Waals surface area (Å²) in [5, 5.41) is 0.872. The van der Waals surface area contributed by atoms with E-state index in [-0.39, 0.29) is 7.92 Å². The summed E-state index contributed by atoms with van der Waals surface area (Å²) < 4.78 is 0. The maximum atomic E-state index is 4.16. The summed E-state index contributed by atoms with van der Waals surface area (Å²) in [6.07, 6.45) is 2.36.